The molecule has 0 saturated carbocycles. The molecule has 0 atom stereocenters. The summed E-state index contributed by atoms with van der Waals surface area (Å²) < 4.78 is 56.8. The minimum atomic E-state index is -0.622. The third-order valence-electron chi connectivity index (χ3n) is 13.0. The van der Waals surface area contributed by atoms with Gasteiger partial charge in [-0.25, -0.2) is 4.79 Å². The minimum absolute atomic E-state index is 0.0672. The average Bonchev–Trinajstić information content (AvgIpc) is 3.48. The third-order valence-corrected chi connectivity index (χ3v) is 13.0. The lowest BCUT2D eigenvalue weighted by Crippen LogP contribution is -2.18. The van der Waals surface area contributed by atoms with Crippen LogP contribution in [0.15, 0.2) is 150 Å². The second kappa shape index (κ2) is 30.1. The number of ether oxygens (including phenoxy) is 9. The Balaban J connectivity index is 2.02. The largest absolute Gasteiger partial charge is 0.496 e. The van der Waals surface area contributed by atoms with Crippen LogP contribution in [0.2, 0.25) is 0 Å². The molecule has 0 aromatic heterocycles. The fourth-order valence-corrected chi connectivity index (χ4v) is 8.68. The van der Waals surface area contributed by atoms with E-state index in [1.165, 1.54) is 11.1 Å². The summed E-state index contributed by atoms with van der Waals surface area (Å²) in [5.41, 5.74) is 13.1. The fraction of sp³-hybridized carbons (Fsp3) is 0.319. The Kier molecular flexibility index (Phi) is 23.6. The van der Waals surface area contributed by atoms with Crippen molar-refractivity contribution in [2.45, 2.75) is 90.0 Å². The van der Waals surface area contributed by atoms with Gasteiger partial charge in [0.1, 0.15) is 72.5 Å². The Morgan fingerprint density at radius 3 is 0.810 bits per heavy atom. The van der Waals surface area contributed by atoms with Crippen molar-refractivity contribution in [2.75, 3.05) is 61.5 Å². The molecule has 0 amide bonds. The summed E-state index contributed by atoms with van der Waals surface area (Å²) in [7, 11) is 6.48. The van der Waals surface area contributed by atoms with Gasteiger partial charge in [-0.15, -0.1) is 0 Å². The van der Waals surface area contributed by atoms with Crippen LogP contribution in [0.25, 0.3) is 45.3 Å². The SMILES string of the molecule is CCOC(=O)c1c(C(OC)=C(C)c2ccc(OCC=C(C)C)cc2)c(C(OC)=C(C)c2ccc(OCC=C(C)C)cc2)cc(C(OC)=C(C)c2ccc(OCC=C(C)C)cc2)c1C(OC)=C(C)c1ccc(OCC=C(C)C)cc1. The lowest BCUT2D eigenvalue weighted by atomic mass is 9.83. The number of allylic oxidation sites excluding steroid dienone is 8. The van der Waals surface area contributed by atoms with Crippen molar-refractivity contribution in [1.82, 2.24) is 0 Å². The molecule has 0 saturated heterocycles. The van der Waals surface area contributed by atoms with E-state index >= 15 is 4.79 Å². The topological polar surface area (TPSA) is 100 Å². The van der Waals surface area contributed by atoms with Crippen LogP contribution in [-0.2, 0) is 23.7 Å². The molecule has 5 aromatic carbocycles. The van der Waals surface area contributed by atoms with Crippen LogP contribution >= 0.6 is 0 Å². The number of rotatable bonds is 26. The van der Waals surface area contributed by atoms with Gasteiger partial charge in [0.2, 0.25) is 0 Å². The third kappa shape index (κ3) is 16.7. The van der Waals surface area contributed by atoms with Crippen molar-refractivity contribution in [3.63, 3.8) is 0 Å². The van der Waals surface area contributed by atoms with E-state index in [0.717, 1.165) is 67.2 Å². The lowest BCUT2D eigenvalue weighted by Gasteiger charge is -2.27. The van der Waals surface area contributed by atoms with E-state index < -0.39 is 5.97 Å². The van der Waals surface area contributed by atoms with E-state index in [-0.39, 0.29) is 12.2 Å². The normalized spacial score (nSPS) is 12.2. The van der Waals surface area contributed by atoms with Gasteiger partial charge < -0.3 is 42.6 Å². The maximum atomic E-state index is 15.6. The summed E-state index contributed by atoms with van der Waals surface area (Å²) in [4.78, 5) is 15.6. The molecule has 0 aliphatic carbocycles. The maximum Gasteiger partial charge on any atom is 0.339 e. The van der Waals surface area contributed by atoms with Crippen LogP contribution in [-0.4, -0.2) is 67.4 Å². The van der Waals surface area contributed by atoms with E-state index in [0.29, 0.717) is 83.2 Å². The van der Waals surface area contributed by atoms with Crippen LogP contribution < -0.4 is 18.9 Å². The van der Waals surface area contributed by atoms with Gasteiger partial charge in [0, 0.05) is 22.3 Å². The Bertz CT molecular complexity index is 2920. The summed E-state index contributed by atoms with van der Waals surface area (Å²) >= 11 is 0. The molecule has 10 nitrogen and oxygen atoms in total. The molecule has 0 bridgehead atoms. The lowest BCUT2D eigenvalue weighted by molar-refractivity contribution is 0.0524. The standard InChI is InChI=1S/C69H82O10/c1-18-75-69(70)64-62(67(73-16)50(12)54-23-31-58(32-24-54)78-41-37-46(6)7)60(65(71-14)48(10)52-19-27-56(28-20-52)76-39-35-44(2)3)43-61(66(72-15)49(11)53-21-29-57(30-22-53)77-40-36-45(4)5)63(64)68(74-17)51(13)55-25-33-59(34-26-55)79-42-38-47(8)9/h19-38,43H,18,39-42H2,1-17H3. The van der Waals surface area contributed by atoms with E-state index in [9.17, 15) is 0 Å². The van der Waals surface area contributed by atoms with Gasteiger partial charge in [-0.3, -0.25) is 0 Å². The summed E-state index contributed by atoms with van der Waals surface area (Å²) in [6.07, 6.45) is 8.14. The minimum Gasteiger partial charge on any atom is -0.496 e. The molecule has 5 rings (SSSR count). The maximum absolute atomic E-state index is 15.6. The van der Waals surface area contributed by atoms with E-state index in [2.05, 4.69) is 0 Å². The zero-order valence-corrected chi connectivity index (χ0v) is 49.7. The predicted molar refractivity (Wildman–Crippen MR) is 326 cm³/mol. The Hall–Kier alpha value is -8.11. The number of carbonyl (C=O) groups excluding carboxylic acids is 1. The summed E-state index contributed by atoms with van der Waals surface area (Å²) in [5.74, 6) is 3.94. The fourth-order valence-electron chi connectivity index (χ4n) is 8.68. The molecule has 0 N–H and O–H groups in total. The van der Waals surface area contributed by atoms with Crippen LogP contribution in [0, 0.1) is 0 Å². The first-order valence-corrected chi connectivity index (χ1v) is 26.7. The van der Waals surface area contributed by atoms with Crippen LogP contribution in [0.4, 0.5) is 0 Å². The first kappa shape index (κ1) is 61.7. The number of methoxy groups -OCH3 is 4. The highest BCUT2D eigenvalue weighted by Crippen LogP contribution is 2.46. The van der Waals surface area contributed by atoms with Crippen LogP contribution in [0.1, 0.15) is 145 Å². The van der Waals surface area contributed by atoms with Crippen molar-refractivity contribution < 1.29 is 47.4 Å². The second-order valence-electron chi connectivity index (χ2n) is 19.9. The Labute approximate surface area is 471 Å². The zero-order valence-electron chi connectivity index (χ0n) is 49.7. The second-order valence-corrected chi connectivity index (χ2v) is 19.9. The van der Waals surface area contributed by atoms with Crippen molar-refractivity contribution in [1.29, 1.82) is 0 Å². The highest BCUT2D eigenvalue weighted by molar-refractivity contribution is 6.10. The van der Waals surface area contributed by atoms with Crippen molar-refractivity contribution >= 4 is 51.3 Å². The number of carbonyl (C=O) groups is 1. The van der Waals surface area contributed by atoms with Crippen LogP contribution in [0.5, 0.6) is 23.0 Å². The molecule has 0 aliphatic rings. The Morgan fingerprint density at radius 2 is 0.595 bits per heavy atom. The molecule has 0 unspecified atom stereocenters. The molecule has 0 aliphatic heterocycles. The summed E-state index contributed by atoms with van der Waals surface area (Å²) in [6.45, 7) is 27.9. The molecule has 0 radical (unpaired) electrons. The molecule has 418 valence electrons. The van der Waals surface area contributed by atoms with Gasteiger partial charge >= 0.3 is 5.97 Å². The summed E-state index contributed by atoms with van der Waals surface area (Å²) in [6, 6.07) is 33.4. The summed E-state index contributed by atoms with van der Waals surface area (Å²) in [5, 5.41) is 0. The average molecular weight is 1070 g/mol. The highest BCUT2D eigenvalue weighted by atomic mass is 16.5. The zero-order chi connectivity index (χ0) is 57.8. The monoisotopic (exact) mass is 1070 g/mol. The predicted octanol–water partition coefficient (Wildman–Crippen LogP) is 17.4. The van der Waals surface area contributed by atoms with E-state index in [1.807, 2.05) is 211 Å². The first-order chi connectivity index (χ1) is 37.9. The van der Waals surface area contributed by atoms with Crippen LogP contribution in [0.3, 0.4) is 0 Å². The van der Waals surface area contributed by atoms with Gasteiger partial charge in [0.25, 0.3) is 0 Å². The van der Waals surface area contributed by atoms with E-state index in [4.69, 9.17) is 42.6 Å². The van der Waals surface area contributed by atoms with Gasteiger partial charge in [-0.05, 0) is 213 Å². The number of benzene rings is 5. The first-order valence-electron chi connectivity index (χ1n) is 26.7. The molecule has 5 aromatic rings. The molecule has 10 heteroatoms. The van der Waals surface area contributed by atoms with Gasteiger partial charge in [-0.2, -0.15) is 0 Å². The van der Waals surface area contributed by atoms with Gasteiger partial charge in [0.05, 0.1) is 40.6 Å². The number of esters is 1. The number of hydrogen-bond donors (Lipinski definition) is 0. The molecule has 0 fully saturated rings. The molecule has 79 heavy (non-hydrogen) atoms. The van der Waals surface area contributed by atoms with Crippen molar-refractivity contribution in [2.24, 2.45) is 0 Å². The van der Waals surface area contributed by atoms with Gasteiger partial charge in [0.15, 0.2) is 0 Å². The smallest absolute Gasteiger partial charge is 0.339 e. The molecular formula is C69H82O10. The number of hydrogen-bond acceptors (Lipinski definition) is 10. The molecule has 0 heterocycles. The highest BCUT2D eigenvalue weighted by Gasteiger charge is 2.35. The molecule has 0 spiro atoms. The van der Waals surface area contributed by atoms with Gasteiger partial charge in [-0.1, -0.05) is 70.8 Å². The molecular weight excluding hydrogens is 989 g/mol. The van der Waals surface area contributed by atoms with E-state index in [1.54, 1.807) is 35.4 Å². The quantitative estimate of drug-likeness (QED) is 0.0230. The van der Waals surface area contributed by atoms with Crippen molar-refractivity contribution in [3.05, 3.63) is 200 Å². The Morgan fingerprint density at radius 1 is 0.354 bits per heavy atom. The van der Waals surface area contributed by atoms with Crippen molar-refractivity contribution in [3.8, 4) is 23.0 Å².